The van der Waals surface area contributed by atoms with E-state index in [2.05, 4.69) is 9.71 Å². The van der Waals surface area contributed by atoms with Crippen molar-refractivity contribution in [3.05, 3.63) is 52.7 Å². The number of aryl methyl sites for hydroxylation is 1. The number of hydrogen-bond acceptors (Lipinski definition) is 5. The minimum absolute atomic E-state index is 0.00479. The van der Waals surface area contributed by atoms with E-state index in [1.165, 1.54) is 11.3 Å². The van der Waals surface area contributed by atoms with Gasteiger partial charge in [-0.1, -0.05) is 31.5 Å². The summed E-state index contributed by atoms with van der Waals surface area (Å²) < 4.78 is 29.6. The number of aromatic nitrogens is 1. The molecule has 0 radical (unpaired) electrons. The second kappa shape index (κ2) is 8.81. The van der Waals surface area contributed by atoms with Crippen molar-refractivity contribution in [3.63, 3.8) is 0 Å². The molecule has 0 aliphatic rings. The number of rotatable bonds is 8. The van der Waals surface area contributed by atoms with E-state index in [0.717, 1.165) is 22.9 Å². The van der Waals surface area contributed by atoms with Crippen molar-refractivity contribution < 1.29 is 13.2 Å². The number of thiophene rings is 1. The molecule has 29 heavy (non-hydrogen) atoms. The average Bonchev–Trinajstić information content (AvgIpc) is 3.00. The van der Waals surface area contributed by atoms with Crippen molar-refractivity contribution in [2.75, 3.05) is 4.72 Å². The highest BCUT2D eigenvalue weighted by atomic mass is 35.5. The Morgan fingerprint density at radius 3 is 2.62 bits per heavy atom. The number of pyridine rings is 1. The van der Waals surface area contributed by atoms with Crippen LogP contribution in [0.1, 0.15) is 37.9 Å². The molecular weight excluding hydrogens is 428 g/mol. The Hall–Kier alpha value is -1.96. The van der Waals surface area contributed by atoms with E-state index in [1.54, 1.807) is 37.3 Å². The van der Waals surface area contributed by atoms with Crippen LogP contribution in [0.4, 0.5) is 5.82 Å². The number of sulfonamides is 1. The molecule has 0 aliphatic carbocycles. The van der Waals surface area contributed by atoms with Crippen molar-refractivity contribution in [1.82, 2.24) is 4.98 Å². The topological polar surface area (TPSA) is 76.1 Å². The van der Waals surface area contributed by atoms with Gasteiger partial charge in [0, 0.05) is 22.1 Å². The smallest absolute Gasteiger partial charge is 0.272 e. The molecule has 0 atom stereocenters. The first-order valence-corrected chi connectivity index (χ1v) is 12.1. The Bertz CT molecular complexity index is 1150. The van der Waals surface area contributed by atoms with Gasteiger partial charge in [-0.05, 0) is 61.0 Å². The molecule has 0 saturated carbocycles. The van der Waals surface area contributed by atoms with E-state index in [-0.39, 0.29) is 28.1 Å². The van der Waals surface area contributed by atoms with Crippen LogP contribution >= 0.6 is 22.9 Å². The molecule has 1 aromatic carbocycles. The van der Waals surface area contributed by atoms with Gasteiger partial charge in [0.15, 0.2) is 0 Å². The van der Waals surface area contributed by atoms with Gasteiger partial charge < -0.3 is 0 Å². The lowest BCUT2D eigenvalue weighted by Crippen LogP contribution is -2.17. The number of Topliss-reactive ketones (excluding diaryl/α,β-unsaturated/α-hetero) is 1. The highest BCUT2D eigenvalue weighted by molar-refractivity contribution is 7.94. The van der Waals surface area contributed by atoms with E-state index >= 15 is 0 Å². The lowest BCUT2D eigenvalue weighted by atomic mass is 9.95. The van der Waals surface area contributed by atoms with Gasteiger partial charge in [-0.3, -0.25) is 9.52 Å². The predicted octanol–water partition coefficient (Wildman–Crippen LogP) is 5.61. The third-order valence-electron chi connectivity index (χ3n) is 4.94. The van der Waals surface area contributed by atoms with Gasteiger partial charge in [-0.25, -0.2) is 13.4 Å². The van der Waals surface area contributed by atoms with Gasteiger partial charge in [0.1, 0.15) is 15.8 Å². The molecule has 0 spiro atoms. The maximum atomic E-state index is 13.0. The summed E-state index contributed by atoms with van der Waals surface area (Å²) in [5.41, 5.74) is 1.21. The molecule has 8 heteroatoms. The van der Waals surface area contributed by atoms with Crippen molar-refractivity contribution in [2.24, 2.45) is 5.92 Å². The zero-order valence-corrected chi connectivity index (χ0v) is 18.9. The fraction of sp³-hybridized carbons (Fsp3) is 0.333. The molecule has 0 bridgehead atoms. The molecule has 3 aromatic rings. The first kappa shape index (κ1) is 21.7. The number of nitrogens with zero attached hydrogens (tertiary/aromatic N) is 1. The van der Waals surface area contributed by atoms with E-state index in [4.69, 9.17) is 11.6 Å². The molecule has 154 valence electrons. The third-order valence-corrected chi connectivity index (χ3v) is 8.42. The zero-order valence-electron chi connectivity index (χ0n) is 16.5. The second-order valence-electron chi connectivity index (χ2n) is 6.93. The Balaban J connectivity index is 1.86. The number of carbonyl (C=O) groups is 1. The van der Waals surface area contributed by atoms with Crippen LogP contribution in [0.25, 0.3) is 10.1 Å². The number of halogens is 1. The SMILES string of the molecule is CCC(CC)C(=O)Cc1cccc(NS(=O)(=O)c2sc3ccc(Cl)cc3c2C)n1. The molecule has 0 amide bonds. The number of hydrogen-bond donors (Lipinski definition) is 1. The van der Waals surface area contributed by atoms with E-state index in [0.29, 0.717) is 16.3 Å². The largest absolute Gasteiger partial charge is 0.299 e. The Morgan fingerprint density at radius 1 is 1.21 bits per heavy atom. The van der Waals surface area contributed by atoms with Crippen molar-refractivity contribution in [1.29, 1.82) is 0 Å². The van der Waals surface area contributed by atoms with Crippen LogP contribution in [0.2, 0.25) is 5.02 Å². The predicted molar refractivity (Wildman–Crippen MR) is 119 cm³/mol. The van der Waals surface area contributed by atoms with Crippen LogP contribution in [0, 0.1) is 12.8 Å². The van der Waals surface area contributed by atoms with Crippen LogP contribution < -0.4 is 4.72 Å². The maximum Gasteiger partial charge on any atom is 0.272 e. The standard InChI is InChI=1S/C21H23ClN2O3S2/c1-4-14(5-2)18(25)12-16-7-6-8-20(23-16)24-29(26,27)21-13(3)17-11-15(22)9-10-19(17)28-21/h6-11,14H,4-5,12H2,1-3H3,(H,23,24). The summed E-state index contributed by atoms with van der Waals surface area (Å²) in [5, 5.41) is 1.38. The minimum Gasteiger partial charge on any atom is -0.299 e. The second-order valence-corrected chi connectivity index (χ2v) is 10.3. The fourth-order valence-electron chi connectivity index (χ4n) is 3.31. The van der Waals surface area contributed by atoms with Gasteiger partial charge in [-0.2, -0.15) is 0 Å². The first-order valence-electron chi connectivity index (χ1n) is 9.45. The number of benzene rings is 1. The summed E-state index contributed by atoms with van der Waals surface area (Å²) in [6.45, 7) is 5.75. The highest BCUT2D eigenvalue weighted by Gasteiger charge is 2.23. The molecule has 2 aromatic heterocycles. The number of anilines is 1. The van der Waals surface area contributed by atoms with E-state index in [1.807, 2.05) is 19.9 Å². The summed E-state index contributed by atoms with van der Waals surface area (Å²) in [7, 11) is -3.81. The van der Waals surface area contributed by atoms with Crippen molar-refractivity contribution in [3.8, 4) is 0 Å². The van der Waals surface area contributed by atoms with Crippen LogP contribution in [0.3, 0.4) is 0 Å². The molecule has 0 aliphatic heterocycles. The third kappa shape index (κ3) is 4.79. The average molecular weight is 451 g/mol. The van der Waals surface area contributed by atoms with Crippen LogP contribution in [0.15, 0.2) is 40.6 Å². The minimum atomic E-state index is -3.81. The van der Waals surface area contributed by atoms with Crippen LogP contribution in [0.5, 0.6) is 0 Å². The molecule has 3 rings (SSSR count). The Kier molecular flexibility index (Phi) is 6.61. The quantitative estimate of drug-likeness (QED) is 0.484. The molecule has 0 saturated heterocycles. The monoisotopic (exact) mass is 450 g/mol. The van der Waals surface area contributed by atoms with Gasteiger partial charge in [-0.15, -0.1) is 11.3 Å². The molecule has 0 fully saturated rings. The summed E-state index contributed by atoms with van der Waals surface area (Å²) >= 11 is 7.24. The number of ketones is 1. The summed E-state index contributed by atoms with van der Waals surface area (Å²) in [4.78, 5) is 16.7. The zero-order chi connectivity index (χ0) is 21.2. The molecule has 5 nitrogen and oxygen atoms in total. The van der Waals surface area contributed by atoms with Crippen LogP contribution in [-0.2, 0) is 21.2 Å². The Labute approximate surface area is 180 Å². The van der Waals surface area contributed by atoms with Gasteiger partial charge in [0.05, 0.1) is 5.69 Å². The Morgan fingerprint density at radius 2 is 1.93 bits per heavy atom. The van der Waals surface area contributed by atoms with Crippen molar-refractivity contribution in [2.45, 2.75) is 44.2 Å². The molecular formula is C21H23ClN2O3S2. The lowest BCUT2D eigenvalue weighted by Gasteiger charge is -2.11. The number of fused-ring (bicyclic) bond motifs is 1. The van der Waals surface area contributed by atoms with E-state index in [9.17, 15) is 13.2 Å². The van der Waals surface area contributed by atoms with Gasteiger partial charge in [0.2, 0.25) is 0 Å². The highest BCUT2D eigenvalue weighted by Crippen LogP contribution is 2.36. The number of nitrogens with one attached hydrogen (secondary N) is 1. The fourth-order valence-corrected chi connectivity index (χ4v) is 6.23. The molecule has 1 N–H and O–H groups in total. The van der Waals surface area contributed by atoms with Crippen molar-refractivity contribution >= 4 is 54.6 Å². The molecule has 2 heterocycles. The normalized spacial score (nSPS) is 11.9. The molecule has 0 unspecified atom stereocenters. The summed E-state index contributed by atoms with van der Waals surface area (Å²) in [6.07, 6.45) is 1.77. The van der Waals surface area contributed by atoms with Gasteiger partial charge in [0.25, 0.3) is 10.0 Å². The number of carbonyl (C=O) groups excluding carboxylic acids is 1. The van der Waals surface area contributed by atoms with Crippen LogP contribution in [-0.4, -0.2) is 19.2 Å². The first-order chi connectivity index (χ1) is 13.7. The summed E-state index contributed by atoms with van der Waals surface area (Å²) in [5.74, 6) is 0.333. The maximum absolute atomic E-state index is 13.0. The lowest BCUT2D eigenvalue weighted by molar-refractivity contribution is -0.122. The summed E-state index contributed by atoms with van der Waals surface area (Å²) in [6, 6.07) is 10.4. The van der Waals surface area contributed by atoms with Gasteiger partial charge >= 0.3 is 0 Å². The van der Waals surface area contributed by atoms with E-state index < -0.39 is 10.0 Å².